The number of methoxy groups -OCH3 is 1. The average Bonchev–Trinajstić information content (AvgIpc) is 3.33. The normalized spacial score (nSPS) is 16.8. The highest BCUT2D eigenvalue weighted by Gasteiger charge is 2.38. The Hall–Kier alpha value is -3.95. The number of fused-ring (bicyclic) bond motifs is 1. The molecule has 2 atom stereocenters. The molecule has 3 aromatic rings. The maximum Gasteiger partial charge on any atom is 0.324 e. The zero-order chi connectivity index (χ0) is 22.7. The SMILES string of the molecule is COc1ccc(CCN2C(=O)NC(CC(=O)NC(C)c3nnc4ccccn34)C2=O)cc1. The number of amides is 4. The number of urea groups is 1. The molecular formula is C22H24N6O4. The van der Waals surface area contributed by atoms with E-state index in [-0.39, 0.29) is 18.9 Å². The van der Waals surface area contributed by atoms with Gasteiger partial charge in [-0.15, -0.1) is 10.2 Å². The van der Waals surface area contributed by atoms with E-state index < -0.39 is 24.0 Å². The predicted molar refractivity (Wildman–Crippen MR) is 115 cm³/mol. The van der Waals surface area contributed by atoms with Gasteiger partial charge in [-0.05, 0) is 43.2 Å². The lowest BCUT2D eigenvalue weighted by molar-refractivity contribution is -0.131. The highest BCUT2D eigenvalue weighted by molar-refractivity contribution is 6.05. The van der Waals surface area contributed by atoms with Crippen LogP contribution in [0, 0.1) is 0 Å². The van der Waals surface area contributed by atoms with E-state index >= 15 is 0 Å². The van der Waals surface area contributed by atoms with Crippen molar-refractivity contribution in [1.82, 2.24) is 30.1 Å². The fourth-order valence-electron chi connectivity index (χ4n) is 3.67. The summed E-state index contributed by atoms with van der Waals surface area (Å²) >= 11 is 0. The number of aromatic nitrogens is 3. The maximum absolute atomic E-state index is 12.7. The predicted octanol–water partition coefficient (Wildman–Crippen LogP) is 1.47. The Morgan fingerprint density at radius 1 is 1.19 bits per heavy atom. The third-order valence-electron chi connectivity index (χ3n) is 5.38. The van der Waals surface area contributed by atoms with E-state index in [9.17, 15) is 14.4 Å². The molecule has 1 aliphatic rings. The lowest BCUT2D eigenvalue weighted by Gasteiger charge is -2.15. The van der Waals surface area contributed by atoms with Gasteiger partial charge in [0, 0.05) is 12.7 Å². The van der Waals surface area contributed by atoms with E-state index in [2.05, 4.69) is 20.8 Å². The van der Waals surface area contributed by atoms with E-state index in [4.69, 9.17) is 4.74 Å². The summed E-state index contributed by atoms with van der Waals surface area (Å²) in [6.45, 7) is 2.02. The van der Waals surface area contributed by atoms with Crippen LogP contribution in [0.5, 0.6) is 5.75 Å². The number of nitrogens with zero attached hydrogens (tertiary/aromatic N) is 4. The molecule has 4 rings (SSSR count). The van der Waals surface area contributed by atoms with E-state index in [1.165, 1.54) is 0 Å². The minimum atomic E-state index is -0.888. The number of carbonyl (C=O) groups is 3. The molecule has 3 heterocycles. The summed E-state index contributed by atoms with van der Waals surface area (Å²) in [5, 5.41) is 13.6. The highest BCUT2D eigenvalue weighted by atomic mass is 16.5. The summed E-state index contributed by atoms with van der Waals surface area (Å²) < 4.78 is 6.92. The van der Waals surface area contributed by atoms with Gasteiger partial charge in [-0.2, -0.15) is 0 Å². The first-order valence-corrected chi connectivity index (χ1v) is 10.3. The molecular weight excluding hydrogens is 412 g/mol. The molecule has 166 valence electrons. The van der Waals surface area contributed by atoms with Crippen LogP contribution in [-0.4, -0.2) is 57.0 Å². The molecule has 1 fully saturated rings. The van der Waals surface area contributed by atoms with E-state index in [0.29, 0.717) is 17.9 Å². The number of ether oxygens (including phenoxy) is 1. The Kier molecular flexibility index (Phi) is 6.02. The van der Waals surface area contributed by atoms with Crippen LogP contribution in [0.25, 0.3) is 5.65 Å². The first-order chi connectivity index (χ1) is 15.5. The van der Waals surface area contributed by atoms with Gasteiger partial charge >= 0.3 is 6.03 Å². The number of pyridine rings is 1. The molecule has 0 aliphatic carbocycles. The molecule has 0 radical (unpaired) electrons. The van der Waals surface area contributed by atoms with Gasteiger partial charge < -0.3 is 15.4 Å². The number of carbonyl (C=O) groups excluding carboxylic acids is 3. The van der Waals surface area contributed by atoms with Crippen molar-refractivity contribution in [1.29, 1.82) is 0 Å². The van der Waals surface area contributed by atoms with E-state index in [0.717, 1.165) is 16.2 Å². The Morgan fingerprint density at radius 3 is 2.72 bits per heavy atom. The summed E-state index contributed by atoms with van der Waals surface area (Å²) in [5.41, 5.74) is 1.65. The molecule has 0 bridgehead atoms. The number of imide groups is 1. The van der Waals surface area contributed by atoms with Gasteiger partial charge in [0.1, 0.15) is 11.8 Å². The summed E-state index contributed by atoms with van der Waals surface area (Å²) in [5.74, 6) is 0.556. The molecule has 2 unspecified atom stereocenters. The second-order valence-corrected chi connectivity index (χ2v) is 7.57. The number of benzene rings is 1. The number of nitrogens with one attached hydrogen (secondary N) is 2. The van der Waals surface area contributed by atoms with Gasteiger partial charge in [0.15, 0.2) is 11.5 Å². The summed E-state index contributed by atoms with van der Waals surface area (Å²) in [4.78, 5) is 38.6. The van der Waals surface area contributed by atoms with Gasteiger partial charge in [-0.1, -0.05) is 18.2 Å². The first-order valence-electron chi connectivity index (χ1n) is 10.3. The lowest BCUT2D eigenvalue weighted by atomic mass is 10.1. The molecule has 2 aromatic heterocycles. The van der Waals surface area contributed by atoms with Gasteiger partial charge in [-0.3, -0.25) is 18.9 Å². The molecule has 0 spiro atoms. The highest BCUT2D eigenvalue weighted by Crippen LogP contribution is 2.16. The second kappa shape index (κ2) is 9.04. The van der Waals surface area contributed by atoms with E-state index in [1.54, 1.807) is 18.4 Å². The van der Waals surface area contributed by atoms with Gasteiger partial charge in [0.25, 0.3) is 5.91 Å². The molecule has 10 heteroatoms. The van der Waals surface area contributed by atoms with Crippen LogP contribution in [0.2, 0.25) is 0 Å². The van der Waals surface area contributed by atoms with Crippen molar-refractivity contribution in [3.05, 3.63) is 60.0 Å². The van der Waals surface area contributed by atoms with Crippen molar-refractivity contribution < 1.29 is 19.1 Å². The van der Waals surface area contributed by atoms with Crippen LogP contribution in [-0.2, 0) is 16.0 Å². The summed E-state index contributed by atoms with van der Waals surface area (Å²) in [7, 11) is 1.59. The monoisotopic (exact) mass is 436 g/mol. The molecule has 32 heavy (non-hydrogen) atoms. The zero-order valence-corrected chi connectivity index (χ0v) is 17.8. The quantitative estimate of drug-likeness (QED) is 0.517. The molecule has 0 saturated carbocycles. The Morgan fingerprint density at radius 2 is 1.97 bits per heavy atom. The number of hydrogen-bond acceptors (Lipinski definition) is 6. The van der Waals surface area contributed by atoms with Crippen molar-refractivity contribution in [3.8, 4) is 5.75 Å². The second-order valence-electron chi connectivity index (χ2n) is 7.57. The van der Waals surface area contributed by atoms with Gasteiger partial charge in [0.05, 0.1) is 19.6 Å². The first kappa shape index (κ1) is 21.3. The minimum Gasteiger partial charge on any atom is -0.497 e. The Bertz CT molecular complexity index is 1140. The zero-order valence-electron chi connectivity index (χ0n) is 17.8. The van der Waals surface area contributed by atoms with Crippen LogP contribution in [0.1, 0.15) is 30.8 Å². The molecule has 2 N–H and O–H groups in total. The Balaban J connectivity index is 1.32. The third kappa shape index (κ3) is 4.39. The van der Waals surface area contributed by atoms with Crippen LogP contribution in [0.15, 0.2) is 48.7 Å². The van der Waals surface area contributed by atoms with Gasteiger partial charge in [-0.25, -0.2) is 4.79 Å². The van der Waals surface area contributed by atoms with Crippen molar-refractivity contribution in [2.45, 2.75) is 31.8 Å². The van der Waals surface area contributed by atoms with Crippen LogP contribution in [0.3, 0.4) is 0 Å². The minimum absolute atomic E-state index is 0.148. The van der Waals surface area contributed by atoms with Crippen molar-refractivity contribution in [2.24, 2.45) is 0 Å². The largest absolute Gasteiger partial charge is 0.497 e. The molecule has 1 aromatic carbocycles. The van der Waals surface area contributed by atoms with Crippen molar-refractivity contribution in [2.75, 3.05) is 13.7 Å². The standard InChI is InChI=1S/C22H24N6O4/c1-14(20-26-25-18-5-3-4-11-27(18)20)23-19(29)13-17-21(30)28(22(31)24-17)12-10-15-6-8-16(32-2)9-7-15/h3-9,11,14,17H,10,12-13H2,1-2H3,(H,23,29)(H,24,31). The van der Waals surface area contributed by atoms with Crippen LogP contribution < -0.4 is 15.4 Å². The topological polar surface area (TPSA) is 118 Å². The van der Waals surface area contributed by atoms with E-state index in [1.807, 2.05) is 48.7 Å². The maximum atomic E-state index is 12.7. The fraction of sp³-hybridized carbons (Fsp3) is 0.318. The third-order valence-corrected chi connectivity index (χ3v) is 5.38. The molecule has 1 saturated heterocycles. The fourth-order valence-corrected chi connectivity index (χ4v) is 3.67. The van der Waals surface area contributed by atoms with Gasteiger partial charge in [0.2, 0.25) is 5.91 Å². The molecule has 4 amide bonds. The Labute approximate surface area is 184 Å². The number of rotatable bonds is 8. The average molecular weight is 436 g/mol. The summed E-state index contributed by atoms with van der Waals surface area (Å²) in [6, 6.07) is 11.2. The molecule has 1 aliphatic heterocycles. The molecule has 10 nitrogen and oxygen atoms in total. The van der Waals surface area contributed by atoms with Crippen molar-refractivity contribution in [3.63, 3.8) is 0 Å². The smallest absolute Gasteiger partial charge is 0.324 e. The lowest BCUT2D eigenvalue weighted by Crippen LogP contribution is -2.38. The summed E-state index contributed by atoms with van der Waals surface area (Å²) in [6.07, 6.45) is 2.18. The van der Waals surface area contributed by atoms with Crippen LogP contribution >= 0.6 is 0 Å². The number of hydrogen-bond donors (Lipinski definition) is 2. The van der Waals surface area contributed by atoms with Crippen LogP contribution in [0.4, 0.5) is 4.79 Å². The van der Waals surface area contributed by atoms with Crippen molar-refractivity contribution >= 4 is 23.5 Å².